The SMILES string of the molecule is C=CCSCC(=O)N1CCC[C@@H](C(=O)Nc2cccc(C)n2)C1. The fourth-order valence-corrected chi connectivity index (χ4v) is 3.22. The minimum atomic E-state index is -0.167. The minimum absolute atomic E-state index is 0.0562. The molecular weight excluding hydrogens is 310 g/mol. The number of piperidine rings is 1. The fourth-order valence-electron chi connectivity index (χ4n) is 2.58. The van der Waals surface area contributed by atoms with Crippen LogP contribution in [-0.2, 0) is 9.59 Å². The summed E-state index contributed by atoms with van der Waals surface area (Å²) in [7, 11) is 0. The first kappa shape index (κ1) is 17.5. The standard InChI is InChI=1S/C17H23N3O2S/c1-3-10-23-12-16(21)20-9-5-7-14(11-20)17(22)19-15-8-4-6-13(2)18-15/h3-4,6,8,14H,1,5,7,9-12H2,2H3,(H,18,19,22)/t14-/m1/s1. The van der Waals surface area contributed by atoms with Gasteiger partial charge in [0, 0.05) is 24.5 Å². The van der Waals surface area contributed by atoms with Gasteiger partial charge in [-0.3, -0.25) is 9.59 Å². The van der Waals surface area contributed by atoms with Crippen molar-refractivity contribution in [2.75, 3.05) is 29.9 Å². The average molecular weight is 333 g/mol. The number of nitrogens with one attached hydrogen (secondary N) is 1. The van der Waals surface area contributed by atoms with E-state index in [1.165, 1.54) is 0 Å². The quantitative estimate of drug-likeness (QED) is 0.642. The van der Waals surface area contributed by atoms with E-state index in [1.807, 2.05) is 19.1 Å². The number of hydrogen-bond donors (Lipinski definition) is 1. The Morgan fingerprint density at radius 1 is 1.52 bits per heavy atom. The van der Waals surface area contributed by atoms with Crippen molar-refractivity contribution in [3.8, 4) is 0 Å². The highest BCUT2D eigenvalue weighted by Gasteiger charge is 2.28. The predicted octanol–water partition coefficient (Wildman–Crippen LogP) is 2.49. The molecule has 124 valence electrons. The van der Waals surface area contributed by atoms with Crippen molar-refractivity contribution in [2.45, 2.75) is 19.8 Å². The third-order valence-corrected chi connectivity index (χ3v) is 4.67. The lowest BCUT2D eigenvalue weighted by atomic mass is 9.97. The van der Waals surface area contributed by atoms with Gasteiger partial charge in [-0.15, -0.1) is 18.3 Å². The van der Waals surface area contributed by atoms with Gasteiger partial charge in [-0.1, -0.05) is 12.1 Å². The number of carbonyl (C=O) groups is 2. The van der Waals surface area contributed by atoms with Crippen LogP contribution in [0.15, 0.2) is 30.9 Å². The molecule has 1 fully saturated rings. The van der Waals surface area contributed by atoms with E-state index in [4.69, 9.17) is 0 Å². The molecule has 0 aromatic carbocycles. The van der Waals surface area contributed by atoms with Crippen LogP contribution in [0.5, 0.6) is 0 Å². The fraction of sp³-hybridized carbons (Fsp3) is 0.471. The number of amides is 2. The van der Waals surface area contributed by atoms with Crippen molar-refractivity contribution in [1.29, 1.82) is 0 Å². The zero-order valence-corrected chi connectivity index (χ0v) is 14.3. The molecule has 0 radical (unpaired) electrons. The summed E-state index contributed by atoms with van der Waals surface area (Å²) in [5.41, 5.74) is 0.863. The van der Waals surface area contributed by atoms with Crippen LogP contribution in [0.25, 0.3) is 0 Å². The van der Waals surface area contributed by atoms with Gasteiger partial charge in [0.1, 0.15) is 5.82 Å². The Labute approximate surface area is 141 Å². The van der Waals surface area contributed by atoms with E-state index in [2.05, 4.69) is 16.9 Å². The molecule has 1 aliphatic rings. The number of carbonyl (C=O) groups excluding carboxylic acids is 2. The molecule has 23 heavy (non-hydrogen) atoms. The van der Waals surface area contributed by atoms with E-state index in [9.17, 15) is 9.59 Å². The zero-order chi connectivity index (χ0) is 16.7. The van der Waals surface area contributed by atoms with Gasteiger partial charge in [0.25, 0.3) is 0 Å². The summed E-state index contributed by atoms with van der Waals surface area (Å²) < 4.78 is 0. The zero-order valence-electron chi connectivity index (χ0n) is 13.5. The number of pyridine rings is 1. The van der Waals surface area contributed by atoms with E-state index in [1.54, 1.807) is 28.8 Å². The summed E-state index contributed by atoms with van der Waals surface area (Å²) >= 11 is 1.55. The van der Waals surface area contributed by atoms with Crippen LogP contribution in [0, 0.1) is 12.8 Å². The molecule has 1 aromatic heterocycles. The predicted molar refractivity (Wildman–Crippen MR) is 94.4 cm³/mol. The Bertz CT molecular complexity index is 577. The molecule has 2 rings (SSSR count). The lowest BCUT2D eigenvalue weighted by Crippen LogP contribution is -2.44. The van der Waals surface area contributed by atoms with Crippen molar-refractivity contribution < 1.29 is 9.59 Å². The number of hydrogen-bond acceptors (Lipinski definition) is 4. The second-order valence-electron chi connectivity index (χ2n) is 5.64. The van der Waals surface area contributed by atoms with Gasteiger partial charge < -0.3 is 10.2 Å². The monoisotopic (exact) mass is 333 g/mol. The third-order valence-electron chi connectivity index (χ3n) is 3.75. The number of aryl methyl sites for hydroxylation is 1. The maximum atomic E-state index is 12.4. The second kappa shape index (κ2) is 8.72. The van der Waals surface area contributed by atoms with Crippen LogP contribution in [0.4, 0.5) is 5.82 Å². The molecule has 2 heterocycles. The topological polar surface area (TPSA) is 62.3 Å². The van der Waals surface area contributed by atoms with E-state index < -0.39 is 0 Å². The number of rotatable bonds is 6. The largest absolute Gasteiger partial charge is 0.341 e. The van der Waals surface area contributed by atoms with Gasteiger partial charge >= 0.3 is 0 Å². The Balaban J connectivity index is 1.88. The molecule has 1 N–H and O–H groups in total. The maximum Gasteiger partial charge on any atom is 0.232 e. The minimum Gasteiger partial charge on any atom is -0.341 e. The van der Waals surface area contributed by atoms with E-state index >= 15 is 0 Å². The molecule has 1 aliphatic heterocycles. The molecule has 0 saturated carbocycles. The number of nitrogens with zero attached hydrogens (tertiary/aromatic N) is 2. The highest BCUT2D eigenvalue weighted by atomic mass is 32.2. The van der Waals surface area contributed by atoms with E-state index in [-0.39, 0.29) is 17.7 Å². The van der Waals surface area contributed by atoms with Crippen molar-refractivity contribution in [3.05, 3.63) is 36.5 Å². The first-order valence-electron chi connectivity index (χ1n) is 7.81. The molecule has 6 heteroatoms. The highest BCUT2D eigenvalue weighted by Crippen LogP contribution is 2.19. The Morgan fingerprint density at radius 2 is 2.35 bits per heavy atom. The Morgan fingerprint density at radius 3 is 3.09 bits per heavy atom. The molecule has 1 saturated heterocycles. The molecule has 0 bridgehead atoms. The molecule has 5 nitrogen and oxygen atoms in total. The first-order chi connectivity index (χ1) is 11.1. The summed E-state index contributed by atoms with van der Waals surface area (Å²) in [6.45, 7) is 6.76. The summed E-state index contributed by atoms with van der Waals surface area (Å²) in [5, 5.41) is 2.86. The molecule has 0 unspecified atom stereocenters. The number of aromatic nitrogens is 1. The van der Waals surface area contributed by atoms with Crippen LogP contribution in [0.2, 0.25) is 0 Å². The highest BCUT2D eigenvalue weighted by molar-refractivity contribution is 8.00. The number of likely N-dealkylation sites (tertiary alicyclic amines) is 1. The van der Waals surface area contributed by atoms with E-state index in [0.717, 1.165) is 30.8 Å². The van der Waals surface area contributed by atoms with Crippen LogP contribution in [0.3, 0.4) is 0 Å². The first-order valence-corrected chi connectivity index (χ1v) is 8.96. The normalized spacial score (nSPS) is 17.6. The van der Waals surface area contributed by atoms with Gasteiger partial charge in [0.05, 0.1) is 11.7 Å². The van der Waals surface area contributed by atoms with Gasteiger partial charge in [-0.2, -0.15) is 0 Å². The average Bonchev–Trinajstić information content (AvgIpc) is 2.55. The van der Waals surface area contributed by atoms with Crippen LogP contribution in [-0.4, -0.2) is 46.3 Å². The molecule has 2 amide bonds. The van der Waals surface area contributed by atoms with Crippen molar-refractivity contribution >= 4 is 29.4 Å². The van der Waals surface area contributed by atoms with Gasteiger partial charge in [-0.05, 0) is 31.9 Å². The summed E-state index contributed by atoms with van der Waals surface area (Å²) in [6.07, 6.45) is 3.46. The van der Waals surface area contributed by atoms with Crippen molar-refractivity contribution in [2.24, 2.45) is 5.92 Å². The molecule has 0 aliphatic carbocycles. The van der Waals surface area contributed by atoms with Crippen LogP contribution >= 0.6 is 11.8 Å². The van der Waals surface area contributed by atoms with Crippen LogP contribution < -0.4 is 5.32 Å². The Hall–Kier alpha value is -1.82. The summed E-state index contributed by atoms with van der Waals surface area (Å²) in [5.74, 6) is 1.66. The maximum absolute atomic E-state index is 12.4. The molecule has 0 spiro atoms. The van der Waals surface area contributed by atoms with Crippen LogP contribution in [0.1, 0.15) is 18.5 Å². The van der Waals surface area contributed by atoms with Gasteiger partial charge in [0.15, 0.2) is 0 Å². The van der Waals surface area contributed by atoms with Crippen molar-refractivity contribution in [3.63, 3.8) is 0 Å². The lowest BCUT2D eigenvalue weighted by Gasteiger charge is -2.32. The number of anilines is 1. The molecule has 1 aromatic rings. The van der Waals surface area contributed by atoms with Gasteiger partial charge in [0.2, 0.25) is 11.8 Å². The summed E-state index contributed by atoms with van der Waals surface area (Å²) in [4.78, 5) is 30.7. The Kier molecular flexibility index (Phi) is 6.65. The molecular formula is C17H23N3O2S. The van der Waals surface area contributed by atoms with E-state index in [0.29, 0.717) is 18.1 Å². The lowest BCUT2D eigenvalue weighted by molar-refractivity contribution is -0.132. The second-order valence-corrected chi connectivity index (χ2v) is 6.67. The van der Waals surface area contributed by atoms with Crippen molar-refractivity contribution in [1.82, 2.24) is 9.88 Å². The smallest absolute Gasteiger partial charge is 0.232 e. The van der Waals surface area contributed by atoms with Gasteiger partial charge in [-0.25, -0.2) is 4.98 Å². The number of thioether (sulfide) groups is 1. The summed E-state index contributed by atoms with van der Waals surface area (Å²) in [6, 6.07) is 5.53. The molecule has 1 atom stereocenters. The third kappa shape index (κ3) is 5.39.